The Bertz CT molecular complexity index is 723. The van der Waals surface area contributed by atoms with E-state index in [-0.39, 0.29) is 17.6 Å². The topological polar surface area (TPSA) is 48.0 Å². The highest BCUT2D eigenvalue weighted by Crippen LogP contribution is 2.39. The van der Waals surface area contributed by atoms with E-state index in [9.17, 15) is 4.79 Å². The maximum absolute atomic E-state index is 13.2. The molecule has 0 bridgehead atoms. The van der Waals surface area contributed by atoms with E-state index < -0.39 is 0 Å². The molecule has 2 unspecified atom stereocenters. The number of benzene rings is 1. The summed E-state index contributed by atoms with van der Waals surface area (Å²) in [4.78, 5) is 15.2. The lowest BCUT2D eigenvalue weighted by atomic mass is 9.86. The third-order valence-electron chi connectivity index (χ3n) is 7.34. The Hall–Kier alpha value is -1.59. The number of rotatable bonds is 4. The number of hydrogen-bond acceptors (Lipinski definition) is 4. The van der Waals surface area contributed by atoms with Crippen LogP contribution in [0, 0.1) is 5.92 Å². The van der Waals surface area contributed by atoms with E-state index in [0.29, 0.717) is 12.0 Å². The standard InChI is InChI=1S/C24H33NO4/c26-23(19-7-9-20(10-8-19)28-16-21-5-3-15-27-21)25-14-13-24(17-25)12-11-18-4-1-2-6-22(18)29-24/h1-2,4,6,19-21H,3,5,7-17H2. The summed E-state index contributed by atoms with van der Waals surface area (Å²) in [5.74, 6) is 1.50. The molecule has 5 nitrogen and oxygen atoms in total. The molecule has 1 saturated carbocycles. The summed E-state index contributed by atoms with van der Waals surface area (Å²) in [6, 6.07) is 8.33. The van der Waals surface area contributed by atoms with Gasteiger partial charge in [0.2, 0.25) is 5.91 Å². The number of aryl methyl sites for hydroxylation is 1. The largest absolute Gasteiger partial charge is 0.485 e. The molecule has 5 heteroatoms. The molecule has 3 fully saturated rings. The van der Waals surface area contributed by atoms with Gasteiger partial charge in [-0.15, -0.1) is 0 Å². The molecule has 29 heavy (non-hydrogen) atoms. The third kappa shape index (κ3) is 4.17. The van der Waals surface area contributed by atoms with E-state index in [1.54, 1.807) is 0 Å². The highest BCUT2D eigenvalue weighted by molar-refractivity contribution is 5.79. The zero-order valence-corrected chi connectivity index (χ0v) is 17.3. The Morgan fingerprint density at radius 3 is 2.83 bits per heavy atom. The minimum Gasteiger partial charge on any atom is -0.485 e. The first-order valence-electron chi connectivity index (χ1n) is 11.5. The van der Waals surface area contributed by atoms with Crippen LogP contribution in [-0.2, 0) is 20.7 Å². The predicted octanol–water partition coefficient (Wildman–Crippen LogP) is 3.74. The number of carbonyl (C=O) groups is 1. The van der Waals surface area contributed by atoms with Crippen LogP contribution < -0.4 is 4.74 Å². The summed E-state index contributed by atoms with van der Waals surface area (Å²) in [5, 5.41) is 0. The van der Waals surface area contributed by atoms with Crippen molar-refractivity contribution in [2.24, 2.45) is 5.92 Å². The Morgan fingerprint density at radius 2 is 2.00 bits per heavy atom. The molecule has 0 aromatic heterocycles. The van der Waals surface area contributed by atoms with Gasteiger partial charge < -0.3 is 19.1 Å². The summed E-state index contributed by atoms with van der Waals surface area (Å²) in [5.41, 5.74) is 1.12. The molecule has 2 atom stereocenters. The molecule has 1 aromatic carbocycles. The first kappa shape index (κ1) is 19.4. The number of carbonyl (C=O) groups excluding carboxylic acids is 1. The fourth-order valence-electron chi connectivity index (χ4n) is 5.53. The van der Waals surface area contributed by atoms with Crippen molar-refractivity contribution in [3.05, 3.63) is 29.8 Å². The van der Waals surface area contributed by atoms with Crippen molar-refractivity contribution in [3.63, 3.8) is 0 Å². The third-order valence-corrected chi connectivity index (χ3v) is 7.34. The number of likely N-dealkylation sites (tertiary alicyclic amines) is 1. The Kier molecular flexibility index (Phi) is 5.53. The summed E-state index contributed by atoms with van der Waals surface area (Å²) in [6.45, 7) is 3.17. The first-order valence-corrected chi connectivity index (χ1v) is 11.5. The van der Waals surface area contributed by atoms with Crippen LogP contribution in [0.5, 0.6) is 5.75 Å². The van der Waals surface area contributed by atoms with Crippen LogP contribution in [0.25, 0.3) is 0 Å². The fraction of sp³-hybridized carbons (Fsp3) is 0.708. The van der Waals surface area contributed by atoms with Crippen LogP contribution in [0.2, 0.25) is 0 Å². The maximum Gasteiger partial charge on any atom is 0.225 e. The maximum atomic E-state index is 13.2. The first-order chi connectivity index (χ1) is 14.2. The summed E-state index contributed by atoms with van der Waals surface area (Å²) in [6.07, 6.45) is 9.75. The lowest BCUT2D eigenvalue weighted by molar-refractivity contribution is -0.137. The number of amides is 1. The minimum atomic E-state index is -0.175. The molecule has 1 aliphatic carbocycles. The molecule has 1 aromatic rings. The molecule has 158 valence electrons. The van der Waals surface area contributed by atoms with Crippen LogP contribution in [0.1, 0.15) is 56.9 Å². The van der Waals surface area contributed by atoms with E-state index in [2.05, 4.69) is 23.1 Å². The minimum absolute atomic E-state index is 0.156. The van der Waals surface area contributed by atoms with Crippen molar-refractivity contribution in [3.8, 4) is 5.75 Å². The zero-order chi connectivity index (χ0) is 19.7. The molecule has 3 aliphatic heterocycles. The Labute approximate surface area is 173 Å². The molecular weight excluding hydrogens is 366 g/mol. The molecule has 3 heterocycles. The van der Waals surface area contributed by atoms with E-state index in [1.807, 2.05) is 6.07 Å². The van der Waals surface area contributed by atoms with Crippen molar-refractivity contribution in [2.75, 3.05) is 26.3 Å². The van der Waals surface area contributed by atoms with Gasteiger partial charge in [-0.2, -0.15) is 0 Å². The van der Waals surface area contributed by atoms with Gasteiger partial charge in [0.15, 0.2) is 0 Å². The van der Waals surface area contributed by atoms with Gasteiger partial charge in [0.05, 0.1) is 25.4 Å². The summed E-state index contributed by atoms with van der Waals surface area (Å²) in [7, 11) is 0. The average molecular weight is 400 g/mol. The van der Waals surface area contributed by atoms with Crippen molar-refractivity contribution in [2.45, 2.75) is 75.6 Å². The SMILES string of the molecule is O=C(C1CCC(OCC2CCCO2)CC1)N1CCC2(CCc3ccccc3O2)C1. The predicted molar refractivity (Wildman–Crippen MR) is 110 cm³/mol. The van der Waals surface area contributed by atoms with Crippen molar-refractivity contribution in [1.29, 1.82) is 0 Å². The van der Waals surface area contributed by atoms with Gasteiger partial charge in [-0.25, -0.2) is 0 Å². The summed E-state index contributed by atoms with van der Waals surface area (Å²) < 4.78 is 18.1. The Morgan fingerprint density at radius 1 is 1.14 bits per heavy atom. The van der Waals surface area contributed by atoms with E-state index in [4.69, 9.17) is 14.2 Å². The van der Waals surface area contributed by atoms with E-state index in [0.717, 1.165) is 89.8 Å². The van der Waals surface area contributed by atoms with Gasteiger partial charge >= 0.3 is 0 Å². The zero-order valence-electron chi connectivity index (χ0n) is 17.3. The molecule has 1 amide bonds. The second kappa shape index (κ2) is 8.27. The van der Waals surface area contributed by atoms with Gasteiger partial charge in [0.25, 0.3) is 0 Å². The molecule has 1 spiro atoms. The smallest absolute Gasteiger partial charge is 0.225 e. The number of fused-ring (bicyclic) bond motifs is 1. The van der Waals surface area contributed by atoms with Gasteiger partial charge in [-0.3, -0.25) is 4.79 Å². The van der Waals surface area contributed by atoms with Crippen molar-refractivity contribution < 1.29 is 19.0 Å². The monoisotopic (exact) mass is 399 g/mol. The normalized spacial score (nSPS) is 34.2. The molecule has 2 saturated heterocycles. The lowest BCUT2D eigenvalue weighted by Crippen LogP contribution is -2.45. The number of nitrogens with zero attached hydrogens (tertiary/aromatic N) is 1. The van der Waals surface area contributed by atoms with Crippen LogP contribution in [0.4, 0.5) is 0 Å². The highest BCUT2D eigenvalue weighted by atomic mass is 16.5. The van der Waals surface area contributed by atoms with Gasteiger partial charge in [-0.05, 0) is 63.0 Å². The number of ether oxygens (including phenoxy) is 3. The molecule has 5 rings (SSSR count). The lowest BCUT2D eigenvalue weighted by Gasteiger charge is -2.36. The average Bonchev–Trinajstić information content (AvgIpc) is 3.43. The molecule has 0 radical (unpaired) electrons. The van der Waals surface area contributed by atoms with Crippen molar-refractivity contribution in [1.82, 2.24) is 4.90 Å². The van der Waals surface area contributed by atoms with Crippen LogP contribution >= 0.6 is 0 Å². The second-order valence-corrected chi connectivity index (χ2v) is 9.34. The van der Waals surface area contributed by atoms with Crippen LogP contribution in [-0.4, -0.2) is 54.9 Å². The number of hydrogen-bond donors (Lipinski definition) is 0. The van der Waals surface area contributed by atoms with Gasteiger partial charge in [0.1, 0.15) is 11.4 Å². The van der Waals surface area contributed by atoms with Gasteiger partial charge in [-0.1, -0.05) is 18.2 Å². The summed E-state index contributed by atoms with van der Waals surface area (Å²) >= 11 is 0. The van der Waals surface area contributed by atoms with E-state index >= 15 is 0 Å². The van der Waals surface area contributed by atoms with Crippen molar-refractivity contribution >= 4 is 5.91 Å². The molecule has 0 N–H and O–H groups in total. The number of para-hydroxylation sites is 1. The van der Waals surface area contributed by atoms with E-state index in [1.165, 1.54) is 5.56 Å². The Balaban J connectivity index is 1.11. The fourth-order valence-corrected chi connectivity index (χ4v) is 5.53. The quantitative estimate of drug-likeness (QED) is 0.774. The second-order valence-electron chi connectivity index (χ2n) is 9.34. The molecular formula is C24H33NO4. The van der Waals surface area contributed by atoms with Crippen LogP contribution in [0.15, 0.2) is 24.3 Å². The van der Waals surface area contributed by atoms with Crippen LogP contribution in [0.3, 0.4) is 0 Å². The van der Waals surface area contributed by atoms with Gasteiger partial charge in [0, 0.05) is 25.5 Å². The highest BCUT2D eigenvalue weighted by Gasteiger charge is 2.45. The molecule has 4 aliphatic rings.